The van der Waals surface area contributed by atoms with E-state index in [1.807, 2.05) is 54.6 Å². The van der Waals surface area contributed by atoms with Gasteiger partial charge in [-0.1, -0.05) is 84.4 Å². The molecule has 4 aromatic rings. The van der Waals surface area contributed by atoms with Crippen LogP contribution in [0.25, 0.3) is 21.9 Å². The van der Waals surface area contributed by atoms with Crippen LogP contribution < -0.4 is 0 Å². The average Bonchev–Trinajstić information content (AvgIpc) is 2.68. The Hall–Kier alpha value is -3.19. The standard InChI is InChI=1S/C24H18O/c1-17-11-13-18(14-12-17)21-15-20-9-5-6-10-22(20)23(16-21)24(25)19-7-3-2-4-8-19/h2-16H,1H3. The molecule has 0 spiro atoms. The fraction of sp³-hybridized carbons (Fsp3) is 0.0417. The Morgan fingerprint density at radius 1 is 0.680 bits per heavy atom. The summed E-state index contributed by atoms with van der Waals surface area (Å²) in [4.78, 5) is 13.1. The van der Waals surface area contributed by atoms with Crippen LogP contribution in [0.2, 0.25) is 0 Å². The summed E-state index contributed by atoms with van der Waals surface area (Å²) in [5.74, 6) is 0.0609. The Labute approximate surface area is 147 Å². The maximum Gasteiger partial charge on any atom is 0.193 e. The van der Waals surface area contributed by atoms with E-state index in [4.69, 9.17) is 0 Å². The van der Waals surface area contributed by atoms with Gasteiger partial charge in [0.25, 0.3) is 0 Å². The van der Waals surface area contributed by atoms with E-state index in [-0.39, 0.29) is 5.78 Å². The first-order valence-corrected chi connectivity index (χ1v) is 8.42. The predicted octanol–water partition coefficient (Wildman–Crippen LogP) is 6.05. The summed E-state index contributed by atoms with van der Waals surface area (Å²) >= 11 is 0. The summed E-state index contributed by atoms with van der Waals surface area (Å²) in [5, 5.41) is 2.08. The molecular formula is C24H18O. The van der Waals surface area contributed by atoms with E-state index in [1.165, 1.54) is 5.56 Å². The van der Waals surface area contributed by atoms with Crippen molar-refractivity contribution in [3.63, 3.8) is 0 Å². The Morgan fingerprint density at radius 2 is 1.36 bits per heavy atom. The third kappa shape index (κ3) is 2.97. The van der Waals surface area contributed by atoms with Crippen molar-refractivity contribution in [2.45, 2.75) is 6.92 Å². The Balaban J connectivity index is 1.93. The summed E-state index contributed by atoms with van der Waals surface area (Å²) in [6.45, 7) is 2.08. The minimum Gasteiger partial charge on any atom is -0.289 e. The van der Waals surface area contributed by atoms with Crippen molar-refractivity contribution in [3.8, 4) is 11.1 Å². The fourth-order valence-electron chi connectivity index (χ4n) is 3.16. The monoisotopic (exact) mass is 322 g/mol. The van der Waals surface area contributed by atoms with Crippen molar-refractivity contribution in [1.82, 2.24) is 0 Å². The maximum absolute atomic E-state index is 13.1. The third-order valence-corrected chi connectivity index (χ3v) is 4.53. The van der Waals surface area contributed by atoms with Crippen LogP contribution in [0.1, 0.15) is 21.5 Å². The van der Waals surface area contributed by atoms with Gasteiger partial charge in [0.05, 0.1) is 0 Å². The van der Waals surface area contributed by atoms with Crippen LogP contribution in [0.5, 0.6) is 0 Å². The van der Waals surface area contributed by atoms with Gasteiger partial charge in [0.15, 0.2) is 5.78 Å². The molecule has 0 bridgehead atoms. The first-order chi connectivity index (χ1) is 12.2. The van der Waals surface area contributed by atoms with E-state index in [0.717, 1.165) is 27.5 Å². The number of benzene rings is 4. The number of fused-ring (bicyclic) bond motifs is 1. The van der Waals surface area contributed by atoms with Gasteiger partial charge in [0.2, 0.25) is 0 Å². The van der Waals surface area contributed by atoms with Crippen LogP contribution >= 0.6 is 0 Å². The molecule has 4 rings (SSSR count). The topological polar surface area (TPSA) is 17.1 Å². The van der Waals surface area contributed by atoms with E-state index < -0.39 is 0 Å². The molecule has 1 heteroatoms. The minimum atomic E-state index is 0.0609. The maximum atomic E-state index is 13.1. The first kappa shape index (κ1) is 15.3. The van der Waals surface area contributed by atoms with Gasteiger partial charge in [0, 0.05) is 11.1 Å². The number of rotatable bonds is 3. The van der Waals surface area contributed by atoms with Gasteiger partial charge in [-0.05, 0) is 41.0 Å². The summed E-state index contributed by atoms with van der Waals surface area (Å²) < 4.78 is 0. The van der Waals surface area contributed by atoms with E-state index in [1.54, 1.807) is 0 Å². The molecule has 0 amide bonds. The van der Waals surface area contributed by atoms with E-state index in [9.17, 15) is 4.79 Å². The number of carbonyl (C=O) groups is 1. The van der Waals surface area contributed by atoms with Gasteiger partial charge in [-0.25, -0.2) is 0 Å². The molecule has 0 aliphatic carbocycles. The van der Waals surface area contributed by atoms with Crippen molar-refractivity contribution < 1.29 is 4.79 Å². The minimum absolute atomic E-state index is 0.0609. The van der Waals surface area contributed by atoms with Gasteiger partial charge in [-0.2, -0.15) is 0 Å². The Bertz CT molecular complexity index is 1040. The van der Waals surface area contributed by atoms with Crippen LogP contribution in [-0.4, -0.2) is 5.78 Å². The number of ketones is 1. The smallest absolute Gasteiger partial charge is 0.193 e. The van der Waals surface area contributed by atoms with Gasteiger partial charge in [-0.15, -0.1) is 0 Å². The zero-order valence-electron chi connectivity index (χ0n) is 14.1. The second kappa shape index (κ2) is 6.37. The highest BCUT2D eigenvalue weighted by molar-refractivity contribution is 6.17. The highest BCUT2D eigenvalue weighted by atomic mass is 16.1. The van der Waals surface area contributed by atoms with Crippen LogP contribution in [0.4, 0.5) is 0 Å². The lowest BCUT2D eigenvalue weighted by molar-refractivity contribution is 0.104. The summed E-state index contributed by atoms with van der Waals surface area (Å²) in [6.07, 6.45) is 0. The van der Waals surface area contributed by atoms with Gasteiger partial charge in [-0.3, -0.25) is 4.79 Å². The lowest BCUT2D eigenvalue weighted by Crippen LogP contribution is -2.02. The van der Waals surface area contributed by atoms with Crippen LogP contribution in [0.3, 0.4) is 0 Å². The molecule has 0 fully saturated rings. The lowest BCUT2D eigenvalue weighted by Gasteiger charge is -2.11. The quantitative estimate of drug-likeness (QED) is 0.420. The number of hydrogen-bond acceptors (Lipinski definition) is 1. The molecule has 0 unspecified atom stereocenters. The van der Waals surface area contributed by atoms with Gasteiger partial charge < -0.3 is 0 Å². The van der Waals surface area contributed by atoms with Crippen LogP contribution in [-0.2, 0) is 0 Å². The molecule has 0 heterocycles. The highest BCUT2D eigenvalue weighted by Gasteiger charge is 2.14. The molecule has 25 heavy (non-hydrogen) atoms. The van der Waals surface area contributed by atoms with Gasteiger partial charge in [0.1, 0.15) is 0 Å². The van der Waals surface area contributed by atoms with Crippen LogP contribution in [0.15, 0.2) is 91.0 Å². The lowest BCUT2D eigenvalue weighted by atomic mass is 9.92. The average molecular weight is 322 g/mol. The molecule has 4 aromatic carbocycles. The summed E-state index contributed by atoms with van der Waals surface area (Å²) in [7, 11) is 0. The summed E-state index contributed by atoms with van der Waals surface area (Å²) in [6, 6.07) is 30.1. The Morgan fingerprint density at radius 3 is 2.12 bits per heavy atom. The highest BCUT2D eigenvalue weighted by Crippen LogP contribution is 2.29. The molecule has 0 atom stereocenters. The number of aryl methyl sites for hydroxylation is 1. The SMILES string of the molecule is Cc1ccc(-c2cc(C(=O)c3ccccc3)c3ccccc3c2)cc1. The van der Waals surface area contributed by atoms with Crippen molar-refractivity contribution in [2.75, 3.05) is 0 Å². The van der Waals surface area contributed by atoms with Crippen molar-refractivity contribution in [1.29, 1.82) is 0 Å². The second-order valence-electron chi connectivity index (χ2n) is 6.31. The molecule has 0 N–H and O–H groups in total. The molecule has 0 radical (unpaired) electrons. The summed E-state index contributed by atoms with van der Waals surface area (Å²) in [5.41, 5.74) is 4.88. The molecule has 0 aliphatic heterocycles. The van der Waals surface area contributed by atoms with Crippen molar-refractivity contribution in [3.05, 3.63) is 108 Å². The second-order valence-corrected chi connectivity index (χ2v) is 6.31. The largest absolute Gasteiger partial charge is 0.289 e. The number of carbonyl (C=O) groups excluding carboxylic acids is 1. The molecular weight excluding hydrogens is 304 g/mol. The molecule has 120 valence electrons. The first-order valence-electron chi connectivity index (χ1n) is 8.42. The van der Waals surface area contributed by atoms with Crippen LogP contribution in [0, 0.1) is 6.92 Å². The zero-order valence-corrected chi connectivity index (χ0v) is 14.1. The fourth-order valence-corrected chi connectivity index (χ4v) is 3.16. The normalized spacial score (nSPS) is 10.8. The Kier molecular flexibility index (Phi) is 3.91. The van der Waals surface area contributed by atoms with Crippen molar-refractivity contribution in [2.24, 2.45) is 0 Å². The van der Waals surface area contributed by atoms with Gasteiger partial charge >= 0.3 is 0 Å². The zero-order chi connectivity index (χ0) is 17.2. The van der Waals surface area contributed by atoms with E-state index in [0.29, 0.717) is 5.56 Å². The molecule has 0 saturated heterocycles. The predicted molar refractivity (Wildman–Crippen MR) is 104 cm³/mol. The van der Waals surface area contributed by atoms with Crippen molar-refractivity contribution >= 4 is 16.6 Å². The molecule has 0 saturated carbocycles. The third-order valence-electron chi connectivity index (χ3n) is 4.53. The van der Waals surface area contributed by atoms with E-state index >= 15 is 0 Å². The number of hydrogen-bond donors (Lipinski definition) is 0. The molecule has 0 aromatic heterocycles. The molecule has 1 nitrogen and oxygen atoms in total. The van der Waals surface area contributed by atoms with E-state index in [2.05, 4.69) is 43.3 Å². The molecule has 0 aliphatic rings.